The molecule has 1 aliphatic rings. The average molecular weight is 308 g/mol. The van der Waals surface area contributed by atoms with Gasteiger partial charge in [0.05, 0.1) is 17.6 Å². The van der Waals surface area contributed by atoms with Gasteiger partial charge in [0, 0.05) is 6.42 Å². The fourth-order valence-corrected chi connectivity index (χ4v) is 4.77. The number of benzene rings is 1. The van der Waals surface area contributed by atoms with E-state index in [9.17, 15) is 13.2 Å². The number of sulfone groups is 1. The van der Waals surface area contributed by atoms with E-state index in [4.69, 9.17) is 4.74 Å². The molecule has 0 radical (unpaired) electrons. The summed E-state index contributed by atoms with van der Waals surface area (Å²) in [6.07, 6.45) is 4.93. The van der Waals surface area contributed by atoms with Gasteiger partial charge in [-0.2, -0.15) is 0 Å². The minimum absolute atomic E-state index is 0.0599. The maximum atomic E-state index is 12.6. The van der Waals surface area contributed by atoms with Crippen LogP contribution < -0.4 is 0 Å². The van der Waals surface area contributed by atoms with Crippen LogP contribution in [-0.4, -0.2) is 26.7 Å². The summed E-state index contributed by atoms with van der Waals surface area (Å²) < 4.78 is 30.0. The van der Waals surface area contributed by atoms with Crippen LogP contribution in [0.5, 0.6) is 0 Å². The van der Waals surface area contributed by atoms with Gasteiger partial charge >= 0.3 is 0 Å². The van der Waals surface area contributed by atoms with Crippen molar-refractivity contribution in [1.82, 2.24) is 0 Å². The van der Waals surface area contributed by atoms with Crippen LogP contribution in [0.15, 0.2) is 42.0 Å². The lowest BCUT2D eigenvalue weighted by molar-refractivity contribution is -0.128. The van der Waals surface area contributed by atoms with Gasteiger partial charge in [-0.25, -0.2) is 8.42 Å². The Bertz CT molecular complexity index is 590. The normalized spacial score (nSPS) is 18.9. The molecule has 0 aliphatic heterocycles. The summed E-state index contributed by atoms with van der Waals surface area (Å²) in [4.78, 5) is 10.2. The highest BCUT2D eigenvalue weighted by Gasteiger charge is 2.30. The summed E-state index contributed by atoms with van der Waals surface area (Å²) >= 11 is 0. The second-order valence-corrected chi connectivity index (χ2v) is 7.39. The zero-order chi connectivity index (χ0) is 15.1. The molecule has 1 atom stereocenters. The Balaban J connectivity index is 2.11. The minimum Gasteiger partial charge on any atom is -0.468 e. The van der Waals surface area contributed by atoms with E-state index in [1.165, 1.54) is 0 Å². The van der Waals surface area contributed by atoms with Crippen LogP contribution in [0, 0.1) is 0 Å². The molecule has 0 amide bonds. The largest absolute Gasteiger partial charge is 0.468 e. The number of rotatable bonds is 7. The Labute approximate surface area is 125 Å². The van der Waals surface area contributed by atoms with Gasteiger partial charge < -0.3 is 4.74 Å². The number of ether oxygens (including phenoxy) is 1. The second-order valence-electron chi connectivity index (χ2n) is 5.21. The topological polar surface area (TPSA) is 60.4 Å². The summed E-state index contributed by atoms with van der Waals surface area (Å²) in [5.74, 6) is 0.0599. The van der Waals surface area contributed by atoms with Crippen molar-refractivity contribution in [2.24, 2.45) is 0 Å². The first kappa shape index (κ1) is 15.8. The molecule has 5 heteroatoms. The van der Waals surface area contributed by atoms with Crippen LogP contribution >= 0.6 is 0 Å². The molecule has 1 aliphatic carbocycles. The molecule has 0 fully saturated rings. The number of hydrogen-bond acceptors (Lipinski definition) is 4. The van der Waals surface area contributed by atoms with Crippen molar-refractivity contribution in [2.75, 3.05) is 6.61 Å². The van der Waals surface area contributed by atoms with Crippen molar-refractivity contribution in [2.45, 2.75) is 36.7 Å². The molecule has 0 saturated carbocycles. The lowest BCUT2D eigenvalue weighted by Gasteiger charge is -2.24. The maximum absolute atomic E-state index is 12.6. The zero-order valence-electron chi connectivity index (χ0n) is 11.9. The maximum Gasteiger partial charge on any atom is 0.293 e. The van der Waals surface area contributed by atoms with E-state index in [1.54, 1.807) is 0 Å². The van der Waals surface area contributed by atoms with E-state index in [0.717, 1.165) is 24.0 Å². The lowest BCUT2D eigenvalue weighted by Crippen LogP contribution is -2.27. The zero-order valence-corrected chi connectivity index (χ0v) is 12.7. The van der Waals surface area contributed by atoms with Crippen molar-refractivity contribution >= 4 is 16.3 Å². The smallest absolute Gasteiger partial charge is 0.293 e. The molecule has 0 N–H and O–H groups in total. The van der Waals surface area contributed by atoms with Crippen molar-refractivity contribution in [1.29, 1.82) is 0 Å². The molecule has 21 heavy (non-hydrogen) atoms. The number of carbonyl (C=O) groups excluding carboxylic acids is 1. The quantitative estimate of drug-likeness (QED) is 0.441. The third kappa shape index (κ3) is 4.43. The summed E-state index contributed by atoms with van der Waals surface area (Å²) in [5.41, 5.74) is 1.70. The Morgan fingerprint density at radius 2 is 2.00 bits per heavy atom. The van der Waals surface area contributed by atoms with Crippen LogP contribution in [0.4, 0.5) is 0 Å². The highest BCUT2D eigenvalue weighted by Crippen LogP contribution is 2.29. The summed E-state index contributed by atoms with van der Waals surface area (Å²) in [7, 11) is -3.23. The van der Waals surface area contributed by atoms with Crippen molar-refractivity contribution in [3.05, 3.63) is 47.5 Å². The van der Waals surface area contributed by atoms with Gasteiger partial charge in [-0.1, -0.05) is 42.0 Å². The summed E-state index contributed by atoms with van der Waals surface area (Å²) in [5, 5.41) is -0.443. The molecule has 2 rings (SSSR count). The summed E-state index contributed by atoms with van der Waals surface area (Å²) in [6, 6.07) is 9.23. The monoisotopic (exact) mass is 308 g/mol. The van der Waals surface area contributed by atoms with Crippen LogP contribution in [0.25, 0.3) is 0 Å². The van der Waals surface area contributed by atoms with Crippen molar-refractivity contribution in [3.8, 4) is 0 Å². The van der Waals surface area contributed by atoms with Gasteiger partial charge in [-0.3, -0.25) is 4.79 Å². The highest BCUT2D eigenvalue weighted by molar-refractivity contribution is 7.91. The number of allylic oxidation sites excluding steroid dienone is 1. The van der Waals surface area contributed by atoms with Gasteiger partial charge in [0.25, 0.3) is 6.47 Å². The molecule has 1 unspecified atom stereocenters. The van der Waals surface area contributed by atoms with Gasteiger partial charge in [0.15, 0.2) is 9.84 Å². The fraction of sp³-hybridized carbons (Fsp3) is 0.438. The first-order chi connectivity index (χ1) is 10.1. The van der Waals surface area contributed by atoms with Crippen LogP contribution in [-0.2, 0) is 25.1 Å². The number of hydrogen-bond donors (Lipinski definition) is 0. The van der Waals surface area contributed by atoms with Crippen LogP contribution in [0.3, 0.4) is 0 Å². The molecule has 0 aromatic heterocycles. The number of carbonyl (C=O) groups is 1. The van der Waals surface area contributed by atoms with Gasteiger partial charge in [0.1, 0.15) is 0 Å². The molecule has 114 valence electrons. The van der Waals surface area contributed by atoms with E-state index in [-0.39, 0.29) is 12.4 Å². The Morgan fingerprint density at radius 1 is 1.24 bits per heavy atom. The summed E-state index contributed by atoms with van der Waals surface area (Å²) in [6.45, 7) is 0.642. The first-order valence-electron chi connectivity index (χ1n) is 7.13. The standard InChI is InChI=1S/C16H20O4S/c17-13-20-11-10-15-8-4-5-9-16(15)21(18,19)12-14-6-2-1-3-7-14/h1-3,6-8,13,16H,4-5,9-12H2. The molecular weight excluding hydrogens is 288 g/mol. The predicted octanol–water partition coefficient (Wildman–Crippen LogP) is 2.64. The fourth-order valence-electron chi connectivity index (χ4n) is 2.71. The molecule has 1 aromatic carbocycles. The molecule has 0 saturated heterocycles. The SMILES string of the molecule is O=COCCC1=CCCCC1S(=O)(=O)Cc1ccccc1. The third-order valence-corrected chi connectivity index (χ3v) is 5.85. The van der Waals surface area contributed by atoms with Gasteiger partial charge in [0.2, 0.25) is 0 Å². The predicted molar refractivity (Wildman–Crippen MR) is 81.4 cm³/mol. The van der Waals surface area contributed by atoms with E-state index < -0.39 is 15.1 Å². The Kier molecular flexibility index (Phi) is 5.56. The molecule has 0 bridgehead atoms. The van der Waals surface area contributed by atoms with Gasteiger partial charge in [-0.05, 0) is 24.8 Å². The molecule has 0 spiro atoms. The molecule has 1 aromatic rings. The molecule has 0 heterocycles. The second kappa shape index (κ2) is 7.41. The highest BCUT2D eigenvalue weighted by atomic mass is 32.2. The minimum atomic E-state index is -3.23. The Morgan fingerprint density at radius 3 is 2.71 bits per heavy atom. The van der Waals surface area contributed by atoms with E-state index >= 15 is 0 Å². The van der Waals surface area contributed by atoms with E-state index in [0.29, 0.717) is 19.3 Å². The van der Waals surface area contributed by atoms with Crippen molar-refractivity contribution in [3.63, 3.8) is 0 Å². The third-order valence-electron chi connectivity index (χ3n) is 3.71. The average Bonchev–Trinajstić information content (AvgIpc) is 2.48. The van der Waals surface area contributed by atoms with E-state index in [1.807, 2.05) is 36.4 Å². The molecule has 4 nitrogen and oxygen atoms in total. The van der Waals surface area contributed by atoms with Crippen LogP contribution in [0.1, 0.15) is 31.2 Å². The van der Waals surface area contributed by atoms with Crippen LogP contribution in [0.2, 0.25) is 0 Å². The first-order valence-corrected chi connectivity index (χ1v) is 8.84. The van der Waals surface area contributed by atoms with Gasteiger partial charge in [-0.15, -0.1) is 0 Å². The molecular formula is C16H20O4S. The lowest BCUT2D eigenvalue weighted by atomic mass is 9.97. The van der Waals surface area contributed by atoms with Crippen molar-refractivity contribution < 1.29 is 17.9 Å². The van der Waals surface area contributed by atoms with E-state index in [2.05, 4.69) is 0 Å². The Hall–Kier alpha value is -1.62.